The van der Waals surface area contributed by atoms with Crippen LogP contribution in [0.5, 0.6) is 0 Å². The van der Waals surface area contributed by atoms with Gasteiger partial charge in [0.2, 0.25) is 0 Å². The van der Waals surface area contributed by atoms with Gasteiger partial charge < -0.3 is 33.0 Å². The van der Waals surface area contributed by atoms with Crippen LogP contribution in [-0.4, -0.2) is 81.2 Å². The van der Waals surface area contributed by atoms with Crippen LogP contribution in [0, 0.1) is 0 Å². The fourth-order valence-electron chi connectivity index (χ4n) is 4.57. The number of carbonyl (C=O) groups is 2. The summed E-state index contributed by atoms with van der Waals surface area (Å²) in [6.07, 6.45) is 46.5. The lowest BCUT2D eigenvalue weighted by molar-refractivity contribution is -0.870. The van der Waals surface area contributed by atoms with E-state index in [9.17, 15) is 24.2 Å². The summed E-state index contributed by atoms with van der Waals surface area (Å²) < 4.78 is 33.7. The Bertz CT molecular complexity index is 1350. The molecule has 0 saturated heterocycles. The second kappa shape index (κ2) is 36.9. The van der Waals surface area contributed by atoms with Crippen LogP contribution in [0.15, 0.2) is 109 Å². The van der Waals surface area contributed by atoms with E-state index in [-0.39, 0.29) is 32.2 Å². The lowest BCUT2D eigenvalue weighted by Crippen LogP contribution is -2.37. The lowest BCUT2D eigenvalue weighted by Gasteiger charge is -2.28. The number of hydrogen-bond donors (Lipinski definition) is 1. The largest absolute Gasteiger partial charge is 0.756 e. The van der Waals surface area contributed by atoms with Crippen molar-refractivity contribution in [3.05, 3.63) is 109 Å². The van der Waals surface area contributed by atoms with Crippen LogP contribution >= 0.6 is 7.82 Å². The minimum atomic E-state index is -4.66. The Balaban J connectivity index is 4.60. The zero-order valence-electron chi connectivity index (χ0n) is 35.6. The lowest BCUT2D eigenvalue weighted by atomic mass is 10.2. The minimum absolute atomic E-state index is 0.0607. The van der Waals surface area contributed by atoms with Crippen molar-refractivity contribution in [2.24, 2.45) is 0 Å². The van der Waals surface area contributed by atoms with Gasteiger partial charge in [-0.2, -0.15) is 0 Å². The molecule has 0 spiro atoms. The van der Waals surface area contributed by atoms with Crippen LogP contribution in [-0.2, 0) is 32.7 Å². The van der Waals surface area contributed by atoms with Gasteiger partial charge in [0.1, 0.15) is 19.8 Å². The number of rotatable bonds is 35. The summed E-state index contributed by atoms with van der Waals surface area (Å²) in [5.41, 5.74) is 0. The monoisotopic (exact) mass is 816 g/mol. The third-order valence-electron chi connectivity index (χ3n) is 7.95. The number of ether oxygens (including phenoxy) is 2. The molecule has 0 saturated carbocycles. The topological polar surface area (TPSA) is 131 Å². The van der Waals surface area contributed by atoms with Gasteiger partial charge >= 0.3 is 11.9 Å². The molecule has 0 bridgehead atoms. The van der Waals surface area contributed by atoms with E-state index in [2.05, 4.69) is 79.8 Å². The van der Waals surface area contributed by atoms with Gasteiger partial charge in [0, 0.05) is 12.8 Å². The molecule has 322 valence electrons. The Hall–Kier alpha value is -3.37. The molecule has 3 atom stereocenters. The summed E-state index contributed by atoms with van der Waals surface area (Å²) in [5, 5.41) is 9.47. The number of phosphoric acid groups is 1. The first kappa shape index (κ1) is 53.6. The van der Waals surface area contributed by atoms with Crippen LogP contribution in [0.1, 0.15) is 110 Å². The molecule has 11 heteroatoms. The first-order valence-electron chi connectivity index (χ1n) is 20.7. The van der Waals surface area contributed by atoms with E-state index in [0.29, 0.717) is 36.7 Å². The maximum absolute atomic E-state index is 12.6. The van der Waals surface area contributed by atoms with Gasteiger partial charge in [-0.25, -0.2) is 0 Å². The smallest absolute Gasteiger partial charge is 0.306 e. The van der Waals surface area contributed by atoms with Crippen molar-refractivity contribution >= 4 is 19.8 Å². The Kier molecular flexibility index (Phi) is 34.8. The van der Waals surface area contributed by atoms with E-state index in [1.807, 2.05) is 58.4 Å². The summed E-state index contributed by atoms with van der Waals surface area (Å²) in [6, 6.07) is 0. The van der Waals surface area contributed by atoms with Gasteiger partial charge in [-0.1, -0.05) is 123 Å². The highest BCUT2D eigenvalue weighted by molar-refractivity contribution is 7.45. The highest BCUT2D eigenvalue weighted by atomic mass is 31.2. The van der Waals surface area contributed by atoms with E-state index in [4.69, 9.17) is 18.5 Å². The summed E-state index contributed by atoms with van der Waals surface area (Å²) in [4.78, 5) is 37.4. The Labute approximate surface area is 345 Å². The number of aliphatic hydroxyl groups is 1. The number of esters is 2. The predicted octanol–water partition coefficient (Wildman–Crippen LogP) is 9.91. The van der Waals surface area contributed by atoms with E-state index in [1.54, 1.807) is 6.08 Å². The quantitative estimate of drug-likeness (QED) is 0.0166. The Morgan fingerprint density at radius 1 is 0.649 bits per heavy atom. The van der Waals surface area contributed by atoms with Gasteiger partial charge in [-0.3, -0.25) is 14.2 Å². The molecule has 0 aliphatic carbocycles. The van der Waals surface area contributed by atoms with E-state index in [0.717, 1.165) is 57.8 Å². The van der Waals surface area contributed by atoms with Crippen LogP contribution in [0.2, 0.25) is 0 Å². The molecule has 0 aromatic carbocycles. The number of carbonyl (C=O) groups excluding carboxylic acids is 2. The maximum atomic E-state index is 12.6. The fourth-order valence-corrected chi connectivity index (χ4v) is 5.30. The normalized spacial score (nSPS) is 15.3. The molecule has 0 aliphatic heterocycles. The summed E-state index contributed by atoms with van der Waals surface area (Å²) in [6.45, 7) is 3.61. The number of unbranched alkanes of at least 4 members (excludes halogenated alkanes) is 3. The fraction of sp³-hybridized carbons (Fsp3) is 0.565. The number of hydrogen-bond acceptors (Lipinski definition) is 9. The molecule has 0 radical (unpaired) electrons. The number of allylic oxidation sites excluding steroid dienone is 17. The average Bonchev–Trinajstić information content (AvgIpc) is 3.16. The minimum Gasteiger partial charge on any atom is -0.756 e. The van der Waals surface area contributed by atoms with Crippen LogP contribution < -0.4 is 4.89 Å². The van der Waals surface area contributed by atoms with Gasteiger partial charge in [0.25, 0.3) is 7.82 Å². The zero-order chi connectivity index (χ0) is 42.3. The van der Waals surface area contributed by atoms with Crippen LogP contribution in [0.4, 0.5) is 0 Å². The Morgan fingerprint density at radius 2 is 1.16 bits per heavy atom. The van der Waals surface area contributed by atoms with E-state index >= 15 is 0 Å². The van der Waals surface area contributed by atoms with Crippen molar-refractivity contribution in [2.75, 3.05) is 47.5 Å². The maximum Gasteiger partial charge on any atom is 0.306 e. The standard InChI is InChI=1S/C46H74NO9P/c1-6-8-9-10-11-12-13-14-15-20-23-26-29-32-35-38-46(50)56-44(42-55-57(51,52)54-40-39-47(3,4)5)41-53-45(49)37-34-31-28-25-22-19-17-16-18-21-24-27-30-33-36-43(48)7-2/h8-9,11-12,14-15,17-19,21,23,25-28,30,33,36,43-44,48H,6-7,10,13,16,20,22,24,29,31-32,34-35,37-42H2,1-5H3/b9-8-,12-11-,15-14-,19-17-,21-18-,26-23-,28-25-,30-27-,36-33+/t43-,44+/m0/s1. The molecule has 0 heterocycles. The molecule has 0 aliphatic rings. The number of phosphoric ester groups is 1. The van der Waals surface area contributed by atoms with Gasteiger partial charge in [-0.05, 0) is 83.5 Å². The van der Waals surface area contributed by atoms with Crippen molar-refractivity contribution in [3.63, 3.8) is 0 Å². The zero-order valence-corrected chi connectivity index (χ0v) is 36.5. The molecule has 0 rings (SSSR count). The highest BCUT2D eigenvalue weighted by Crippen LogP contribution is 2.38. The molecule has 1 N–H and O–H groups in total. The summed E-state index contributed by atoms with van der Waals surface area (Å²) in [5.74, 6) is -0.986. The van der Waals surface area contributed by atoms with E-state index in [1.165, 1.54) is 0 Å². The number of nitrogens with zero attached hydrogens (tertiary/aromatic N) is 1. The van der Waals surface area contributed by atoms with Crippen LogP contribution in [0.3, 0.4) is 0 Å². The Morgan fingerprint density at radius 3 is 1.70 bits per heavy atom. The second-order valence-corrected chi connectivity index (χ2v) is 15.8. The van der Waals surface area contributed by atoms with E-state index < -0.39 is 32.5 Å². The summed E-state index contributed by atoms with van der Waals surface area (Å²) >= 11 is 0. The van der Waals surface area contributed by atoms with Gasteiger partial charge in [-0.15, -0.1) is 0 Å². The third kappa shape index (κ3) is 40.6. The van der Waals surface area contributed by atoms with Crippen molar-refractivity contribution in [3.8, 4) is 0 Å². The molecular formula is C46H74NO9P. The molecule has 0 aromatic heterocycles. The molecule has 1 unspecified atom stereocenters. The highest BCUT2D eigenvalue weighted by Gasteiger charge is 2.21. The van der Waals surface area contributed by atoms with Crippen LogP contribution in [0.25, 0.3) is 0 Å². The molecule has 57 heavy (non-hydrogen) atoms. The molecule has 0 aromatic rings. The predicted molar refractivity (Wildman–Crippen MR) is 232 cm³/mol. The van der Waals surface area contributed by atoms with Crippen molar-refractivity contribution in [2.45, 2.75) is 122 Å². The van der Waals surface area contributed by atoms with Gasteiger partial charge in [0.05, 0.1) is 33.9 Å². The molecule has 0 fully saturated rings. The average molecular weight is 816 g/mol. The first-order valence-corrected chi connectivity index (χ1v) is 22.2. The first-order chi connectivity index (χ1) is 27.4. The summed E-state index contributed by atoms with van der Waals surface area (Å²) in [7, 11) is 1.06. The third-order valence-corrected chi connectivity index (χ3v) is 8.91. The molecular weight excluding hydrogens is 741 g/mol. The van der Waals surface area contributed by atoms with Crippen molar-refractivity contribution in [1.29, 1.82) is 0 Å². The number of aliphatic hydroxyl groups excluding tert-OH is 1. The SMILES string of the molecule is CC/C=C\C/C=C\C/C=C\C/C=C\CCCCC(=O)O[C@H](COC(=O)CCC/C=C\C/C=C\C/C=C\C/C=C\C=C\[C@@H](O)CC)COP(=O)([O-])OCC[N+](C)(C)C. The molecule has 0 amide bonds. The number of quaternary nitrogens is 1. The van der Waals surface area contributed by atoms with Crippen molar-refractivity contribution in [1.82, 2.24) is 0 Å². The van der Waals surface area contributed by atoms with Gasteiger partial charge in [0.15, 0.2) is 6.10 Å². The number of likely N-dealkylation sites (N-methyl/N-ethyl adjacent to an activating group) is 1. The van der Waals surface area contributed by atoms with Crippen molar-refractivity contribution < 1.29 is 47.2 Å². The molecule has 10 nitrogen and oxygen atoms in total. The second-order valence-electron chi connectivity index (χ2n) is 14.4.